The lowest BCUT2D eigenvalue weighted by Crippen LogP contribution is -2.37. The molecule has 27 heavy (non-hydrogen) atoms. The Labute approximate surface area is 162 Å². The van der Waals surface area contributed by atoms with Crippen LogP contribution in [0.4, 0.5) is 5.69 Å². The standard InChI is InChI=1S/C10H21NO6S.C8H11N/c1-4-5-6-11(8-16-9(2)3)18(14,15)17-10(13)7-12;1-6-4-3-5-7(2)8(6)9/h9,12H,4-8H2,1-3H3;3-5H,9H2,1-2H3. The van der Waals surface area contributed by atoms with Crippen LogP contribution in [0.3, 0.4) is 0 Å². The number of aryl methyl sites for hydroxylation is 2. The zero-order chi connectivity index (χ0) is 21.0. The van der Waals surface area contributed by atoms with Gasteiger partial charge in [-0.25, -0.2) is 4.79 Å². The molecule has 0 atom stereocenters. The molecule has 0 amide bonds. The highest BCUT2D eigenvalue weighted by Crippen LogP contribution is 2.13. The van der Waals surface area contributed by atoms with Crippen molar-refractivity contribution in [3.63, 3.8) is 0 Å². The summed E-state index contributed by atoms with van der Waals surface area (Å²) < 4.78 is 33.8. The quantitative estimate of drug-likeness (QED) is 0.478. The van der Waals surface area contributed by atoms with Gasteiger partial charge in [0, 0.05) is 12.2 Å². The fraction of sp³-hybridized carbons (Fsp3) is 0.611. The Bertz CT molecular complexity index is 656. The zero-order valence-corrected chi connectivity index (χ0v) is 17.6. The van der Waals surface area contributed by atoms with Crippen LogP contribution in [0.1, 0.15) is 44.7 Å². The normalized spacial score (nSPS) is 11.3. The number of ether oxygens (including phenoxy) is 1. The summed E-state index contributed by atoms with van der Waals surface area (Å²) in [6.07, 6.45) is 1.27. The minimum absolute atomic E-state index is 0.141. The molecule has 0 aliphatic heterocycles. The van der Waals surface area contributed by atoms with Crippen molar-refractivity contribution in [3.8, 4) is 0 Å². The number of nitrogens with zero attached hydrogens (tertiary/aromatic N) is 1. The first-order chi connectivity index (χ1) is 12.5. The Morgan fingerprint density at radius 2 is 1.81 bits per heavy atom. The van der Waals surface area contributed by atoms with Gasteiger partial charge in [0.05, 0.1) is 6.10 Å². The fourth-order valence-corrected chi connectivity index (χ4v) is 2.77. The maximum Gasteiger partial charge on any atom is 0.389 e. The van der Waals surface area contributed by atoms with Crippen molar-refractivity contribution >= 4 is 22.0 Å². The molecule has 1 aromatic carbocycles. The van der Waals surface area contributed by atoms with Crippen molar-refractivity contribution < 1.29 is 27.2 Å². The fourth-order valence-electron chi connectivity index (χ4n) is 1.83. The predicted octanol–water partition coefficient (Wildman–Crippen LogP) is 2.14. The first-order valence-corrected chi connectivity index (χ1v) is 10.2. The Morgan fingerprint density at radius 3 is 2.22 bits per heavy atom. The summed E-state index contributed by atoms with van der Waals surface area (Å²) in [7, 11) is -4.20. The van der Waals surface area contributed by atoms with E-state index in [-0.39, 0.29) is 19.4 Å². The molecule has 0 saturated heterocycles. The van der Waals surface area contributed by atoms with E-state index in [0.29, 0.717) is 6.42 Å². The molecule has 1 rings (SSSR count). The molecule has 0 aliphatic carbocycles. The number of rotatable bonds is 9. The summed E-state index contributed by atoms with van der Waals surface area (Å²) in [6.45, 7) is 8.52. The lowest BCUT2D eigenvalue weighted by Gasteiger charge is -2.21. The number of carbonyl (C=O) groups excluding carboxylic acids is 1. The van der Waals surface area contributed by atoms with Crippen molar-refractivity contribution in [2.75, 3.05) is 25.6 Å². The third-order valence-electron chi connectivity index (χ3n) is 3.50. The third-order valence-corrected chi connectivity index (χ3v) is 4.82. The summed E-state index contributed by atoms with van der Waals surface area (Å²) in [5.74, 6) is -1.21. The molecule has 8 nitrogen and oxygen atoms in total. The number of anilines is 1. The van der Waals surface area contributed by atoms with Gasteiger partial charge in [-0.1, -0.05) is 31.5 Å². The highest BCUT2D eigenvalue weighted by atomic mass is 32.2. The summed E-state index contributed by atoms with van der Waals surface area (Å²) in [5.41, 5.74) is 8.92. The highest BCUT2D eigenvalue weighted by Gasteiger charge is 2.26. The summed E-state index contributed by atoms with van der Waals surface area (Å²) in [5, 5.41) is 8.49. The number of nitrogen functional groups attached to an aromatic ring is 1. The number of benzene rings is 1. The van der Waals surface area contributed by atoms with Crippen LogP contribution in [0.5, 0.6) is 0 Å². The third kappa shape index (κ3) is 10.3. The molecular formula is C18H32N2O6S. The number of unbranched alkanes of at least 4 members (excludes halogenated alkanes) is 1. The van der Waals surface area contributed by atoms with Gasteiger partial charge in [-0.05, 0) is 45.2 Å². The molecule has 0 aliphatic rings. The van der Waals surface area contributed by atoms with E-state index in [0.717, 1.165) is 27.5 Å². The highest BCUT2D eigenvalue weighted by molar-refractivity contribution is 7.84. The molecule has 0 radical (unpaired) electrons. The van der Waals surface area contributed by atoms with Gasteiger partial charge >= 0.3 is 16.3 Å². The molecule has 0 unspecified atom stereocenters. The first-order valence-electron chi connectivity index (χ1n) is 8.81. The van der Waals surface area contributed by atoms with E-state index in [9.17, 15) is 13.2 Å². The Kier molecular flexibility index (Phi) is 11.9. The lowest BCUT2D eigenvalue weighted by atomic mass is 10.1. The molecule has 3 N–H and O–H groups in total. The van der Waals surface area contributed by atoms with E-state index in [1.54, 1.807) is 13.8 Å². The first kappa shape index (κ1) is 25.3. The molecule has 0 aromatic heterocycles. The Hall–Kier alpha value is -1.68. The van der Waals surface area contributed by atoms with E-state index in [4.69, 9.17) is 15.6 Å². The molecule has 1 aromatic rings. The lowest BCUT2D eigenvalue weighted by molar-refractivity contribution is -0.137. The van der Waals surface area contributed by atoms with Crippen LogP contribution in [-0.4, -0.2) is 49.8 Å². The van der Waals surface area contributed by atoms with Gasteiger partial charge in [0.2, 0.25) is 0 Å². The molecule has 0 spiro atoms. The molecular weight excluding hydrogens is 372 g/mol. The van der Waals surface area contributed by atoms with Gasteiger partial charge in [0.15, 0.2) is 0 Å². The van der Waals surface area contributed by atoms with Gasteiger partial charge < -0.3 is 19.8 Å². The minimum atomic E-state index is -4.20. The van der Waals surface area contributed by atoms with Crippen LogP contribution in [0.2, 0.25) is 0 Å². The maximum absolute atomic E-state index is 11.7. The number of hydrogen-bond acceptors (Lipinski definition) is 7. The molecule has 0 fully saturated rings. The van der Waals surface area contributed by atoms with Gasteiger partial charge in [-0.15, -0.1) is 4.31 Å². The summed E-state index contributed by atoms with van der Waals surface area (Å²) >= 11 is 0. The van der Waals surface area contributed by atoms with Crippen LogP contribution >= 0.6 is 0 Å². The molecule has 9 heteroatoms. The van der Waals surface area contributed by atoms with Gasteiger partial charge in [-0.3, -0.25) is 0 Å². The van der Waals surface area contributed by atoms with Crippen LogP contribution < -0.4 is 5.73 Å². The smallest absolute Gasteiger partial charge is 0.389 e. The zero-order valence-electron chi connectivity index (χ0n) is 16.8. The van der Waals surface area contributed by atoms with Crippen molar-refractivity contribution in [2.45, 2.75) is 53.6 Å². The van der Waals surface area contributed by atoms with Gasteiger partial charge in [-0.2, -0.15) is 8.42 Å². The van der Waals surface area contributed by atoms with E-state index in [1.807, 2.05) is 39.0 Å². The van der Waals surface area contributed by atoms with Crippen molar-refractivity contribution in [1.29, 1.82) is 0 Å². The number of carbonyl (C=O) groups is 1. The summed E-state index contributed by atoms with van der Waals surface area (Å²) in [4.78, 5) is 10.8. The van der Waals surface area contributed by atoms with E-state index in [1.165, 1.54) is 0 Å². The minimum Gasteiger partial charge on any atom is -0.398 e. The molecule has 0 heterocycles. The number of aliphatic hydroxyl groups is 1. The Balaban J connectivity index is 0.000000621. The van der Waals surface area contributed by atoms with Crippen LogP contribution in [0.25, 0.3) is 0 Å². The number of para-hydroxylation sites is 1. The van der Waals surface area contributed by atoms with E-state index < -0.39 is 22.9 Å². The number of aliphatic hydroxyl groups excluding tert-OH is 1. The number of hydrogen-bond donors (Lipinski definition) is 2. The van der Waals surface area contributed by atoms with Crippen molar-refractivity contribution in [1.82, 2.24) is 4.31 Å². The van der Waals surface area contributed by atoms with Crippen LogP contribution in [-0.2, 0) is 24.0 Å². The monoisotopic (exact) mass is 404 g/mol. The van der Waals surface area contributed by atoms with Crippen LogP contribution in [0.15, 0.2) is 18.2 Å². The second kappa shape index (κ2) is 12.7. The van der Waals surface area contributed by atoms with E-state index >= 15 is 0 Å². The SMILES string of the molecule is CCCCN(COC(C)C)S(=O)(=O)OC(=O)CO.Cc1cccc(C)c1N. The topological polar surface area (TPSA) is 119 Å². The van der Waals surface area contributed by atoms with Crippen LogP contribution in [0, 0.1) is 13.8 Å². The van der Waals surface area contributed by atoms with Gasteiger partial charge in [0.25, 0.3) is 0 Å². The predicted molar refractivity (Wildman–Crippen MR) is 105 cm³/mol. The maximum atomic E-state index is 11.7. The van der Waals surface area contributed by atoms with Crippen molar-refractivity contribution in [3.05, 3.63) is 29.3 Å². The second-order valence-corrected chi connectivity index (χ2v) is 7.79. The average Bonchev–Trinajstić information content (AvgIpc) is 2.59. The van der Waals surface area contributed by atoms with E-state index in [2.05, 4.69) is 4.18 Å². The van der Waals surface area contributed by atoms with Gasteiger partial charge in [0.1, 0.15) is 13.3 Å². The second-order valence-electron chi connectivity index (χ2n) is 6.25. The summed E-state index contributed by atoms with van der Waals surface area (Å²) in [6, 6.07) is 6.05. The van der Waals surface area contributed by atoms with Crippen molar-refractivity contribution in [2.24, 2.45) is 0 Å². The largest absolute Gasteiger partial charge is 0.398 e. The number of nitrogens with two attached hydrogens (primary N) is 1. The average molecular weight is 405 g/mol. The molecule has 156 valence electrons. The molecule has 0 saturated carbocycles. The Morgan fingerprint density at radius 1 is 1.26 bits per heavy atom. The molecule has 0 bridgehead atoms.